The molecule has 5 nitrogen and oxygen atoms in total. The molecule has 1 atom stereocenters. The van der Waals surface area contributed by atoms with Crippen molar-refractivity contribution in [1.29, 1.82) is 0 Å². The molecule has 1 N–H and O–H groups in total. The first kappa shape index (κ1) is 19.4. The topological polar surface area (TPSA) is 66.5 Å². The highest BCUT2D eigenvalue weighted by atomic mass is 32.2. The van der Waals surface area contributed by atoms with Crippen molar-refractivity contribution < 1.29 is 13.2 Å². The summed E-state index contributed by atoms with van der Waals surface area (Å²) in [6.07, 6.45) is 4.54. The molecule has 2 aromatic rings. The first-order valence-electron chi connectivity index (χ1n) is 9.30. The number of hydrogen-bond donors (Lipinski definition) is 1. The van der Waals surface area contributed by atoms with Gasteiger partial charge in [-0.05, 0) is 61.9 Å². The van der Waals surface area contributed by atoms with Gasteiger partial charge in [0.2, 0.25) is 10.0 Å². The van der Waals surface area contributed by atoms with E-state index in [1.807, 2.05) is 31.2 Å². The van der Waals surface area contributed by atoms with Gasteiger partial charge < -0.3 is 5.32 Å². The Labute approximate surface area is 161 Å². The number of aryl methyl sites for hydroxylation is 2. The Balaban J connectivity index is 1.65. The molecule has 144 valence electrons. The summed E-state index contributed by atoms with van der Waals surface area (Å²) in [4.78, 5) is 12.6. The van der Waals surface area contributed by atoms with Gasteiger partial charge in [-0.3, -0.25) is 9.10 Å². The highest BCUT2D eigenvalue weighted by molar-refractivity contribution is 7.92. The predicted molar refractivity (Wildman–Crippen MR) is 109 cm³/mol. The molecule has 0 aliphatic carbocycles. The van der Waals surface area contributed by atoms with Crippen LogP contribution in [0.5, 0.6) is 0 Å². The van der Waals surface area contributed by atoms with Crippen molar-refractivity contribution >= 4 is 21.6 Å². The number of carbonyl (C=O) groups excluding carboxylic acids is 1. The van der Waals surface area contributed by atoms with Crippen molar-refractivity contribution in [1.82, 2.24) is 5.32 Å². The van der Waals surface area contributed by atoms with E-state index in [9.17, 15) is 13.2 Å². The molecule has 1 aliphatic rings. The van der Waals surface area contributed by atoms with Crippen LogP contribution in [0.1, 0.15) is 41.3 Å². The van der Waals surface area contributed by atoms with Crippen molar-refractivity contribution in [3.8, 4) is 0 Å². The average Bonchev–Trinajstić information content (AvgIpc) is 2.65. The minimum Gasteiger partial charge on any atom is -0.350 e. The fourth-order valence-electron chi connectivity index (χ4n) is 3.46. The van der Waals surface area contributed by atoms with E-state index in [-0.39, 0.29) is 11.9 Å². The Morgan fingerprint density at radius 1 is 1.19 bits per heavy atom. The third-order valence-corrected chi connectivity index (χ3v) is 6.08. The molecule has 3 rings (SSSR count). The molecule has 0 bridgehead atoms. The van der Waals surface area contributed by atoms with Gasteiger partial charge in [-0.1, -0.05) is 30.3 Å². The fraction of sp³-hybridized carbons (Fsp3) is 0.381. The quantitative estimate of drug-likeness (QED) is 0.829. The first-order chi connectivity index (χ1) is 12.8. The summed E-state index contributed by atoms with van der Waals surface area (Å²) < 4.78 is 25.3. The zero-order chi connectivity index (χ0) is 19.4. The molecule has 0 aromatic heterocycles. The molecular weight excluding hydrogens is 360 g/mol. The second-order valence-electron chi connectivity index (χ2n) is 7.18. The number of benzene rings is 2. The molecule has 1 aliphatic heterocycles. The standard InChI is InChI=1S/C21H26N2O3S/c1-16(10-11-17-7-4-3-5-8-17)22-21(24)19-12-13-20-18(15-19)9-6-14-23(20)27(2,25)26/h3-5,7-8,12-13,15-16H,6,9-11,14H2,1-2H3,(H,22,24)/t16-/m0/s1. The lowest BCUT2D eigenvalue weighted by atomic mass is 10.00. The lowest BCUT2D eigenvalue weighted by molar-refractivity contribution is 0.0938. The molecule has 1 heterocycles. The lowest BCUT2D eigenvalue weighted by Gasteiger charge is -2.29. The number of hydrogen-bond acceptors (Lipinski definition) is 3. The minimum absolute atomic E-state index is 0.0567. The van der Waals surface area contributed by atoms with Crippen molar-refractivity contribution in [2.24, 2.45) is 0 Å². The third kappa shape index (κ3) is 4.89. The van der Waals surface area contributed by atoms with Crippen LogP contribution in [0.25, 0.3) is 0 Å². The van der Waals surface area contributed by atoms with Crippen LogP contribution < -0.4 is 9.62 Å². The molecule has 27 heavy (non-hydrogen) atoms. The van der Waals surface area contributed by atoms with Crippen LogP contribution in [0.2, 0.25) is 0 Å². The summed E-state index contributed by atoms with van der Waals surface area (Å²) in [5.74, 6) is -0.116. The monoisotopic (exact) mass is 386 g/mol. The van der Waals surface area contributed by atoms with Crippen molar-refractivity contribution in [2.75, 3.05) is 17.1 Å². The van der Waals surface area contributed by atoms with Crippen LogP contribution in [-0.2, 0) is 22.9 Å². The van der Waals surface area contributed by atoms with E-state index >= 15 is 0 Å². The Bertz CT molecular complexity index is 910. The zero-order valence-corrected chi connectivity index (χ0v) is 16.6. The Morgan fingerprint density at radius 2 is 1.93 bits per heavy atom. The number of carbonyl (C=O) groups is 1. The van der Waals surface area contributed by atoms with E-state index in [4.69, 9.17) is 0 Å². The minimum atomic E-state index is -3.29. The number of anilines is 1. The van der Waals surface area contributed by atoms with Crippen LogP contribution in [0.15, 0.2) is 48.5 Å². The number of nitrogens with zero attached hydrogens (tertiary/aromatic N) is 1. The van der Waals surface area contributed by atoms with E-state index in [0.717, 1.165) is 31.2 Å². The summed E-state index contributed by atoms with van der Waals surface area (Å²) in [7, 11) is -3.29. The lowest BCUT2D eigenvalue weighted by Crippen LogP contribution is -2.35. The van der Waals surface area contributed by atoms with E-state index in [1.165, 1.54) is 16.1 Å². The highest BCUT2D eigenvalue weighted by Crippen LogP contribution is 2.29. The Hall–Kier alpha value is -2.34. The highest BCUT2D eigenvalue weighted by Gasteiger charge is 2.24. The van der Waals surface area contributed by atoms with Gasteiger partial charge in [0.15, 0.2) is 0 Å². The van der Waals surface area contributed by atoms with E-state index in [1.54, 1.807) is 12.1 Å². The second-order valence-corrected chi connectivity index (χ2v) is 9.09. The summed E-state index contributed by atoms with van der Waals surface area (Å²) in [6, 6.07) is 15.6. The van der Waals surface area contributed by atoms with Crippen LogP contribution in [-0.4, -0.2) is 33.2 Å². The number of amides is 1. The smallest absolute Gasteiger partial charge is 0.251 e. The van der Waals surface area contributed by atoms with Gasteiger partial charge in [0, 0.05) is 18.2 Å². The predicted octanol–water partition coefficient (Wildman–Crippen LogP) is 3.15. The van der Waals surface area contributed by atoms with Crippen molar-refractivity contribution in [3.63, 3.8) is 0 Å². The fourth-order valence-corrected chi connectivity index (χ4v) is 4.45. The van der Waals surface area contributed by atoms with Crippen molar-refractivity contribution in [3.05, 3.63) is 65.2 Å². The molecule has 0 radical (unpaired) electrons. The maximum atomic E-state index is 12.6. The van der Waals surface area contributed by atoms with Gasteiger partial charge in [0.05, 0.1) is 11.9 Å². The van der Waals surface area contributed by atoms with Gasteiger partial charge in [0.1, 0.15) is 0 Å². The van der Waals surface area contributed by atoms with Gasteiger partial charge in [-0.2, -0.15) is 0 Å². The van der Waals surface area contributed by atoms with Gasteiger partial charge >= 0.3 is 0 Å². The maximum Gasteiger partial charge on any atom is 0.251 e. The zero-order valence-electron chi connectivity index (χ0n) is 15.8. The Kier molecular flexibility index (Phi) is 5.85. The van der Waals surface area contributed by atoms with Crippen molar-refractivity contribution in [2.45, 2.75) is 38.6 Å². The van der Waals surface area contributed by atoms with Gasteiger partial charge in [-0.15, -0.1) is 0 Å². The Morgan fingerprint density at radius 3 is 2.63 bits per heavy atom. The van der Waals surface area contributed by atoms with Crippen LogP contribution >= 0.6 is 0 Å². The third-order valence-electron chi connectivity index (χ3n) is 4.90. The number of sulfonamides is 1. The molecule has 1 amide bonds. The SMILES string of the molecule is C[C@@H](CCc1ccccc1)NC(=O)c1ccc2c(c1)CCCN2S(C)(=O)=O. The number of rotatable bonds is 6. The summed E-state index contributed by atoms with van der Waals surface area (Å²) in [5.41, 5.74) is 3.44. The molecular formula is C21H26N2O3S. The molecule has 2 aromatic carbocycles. The molecule has 6 heteroatoms. The van der Waals surface area contributed by atoms with Crippen LogP contribution in [0.3, 0.4) is 0 Å². The van der Waals surface area contributed by atoms with E-state index < -0.39 is 10.0 Å². The first-order valence-corrected chi connectivity index (χ1v) is 11.1. The van der Waals surface area contributed by atoms with E-state index in [2.05, 4.69) is 17.4 Å². The largest absolute Gasteiger partial charge is 0.350 e. The van der Waals surface area contributed by atoms with Gasteiger partial charge in [-0.25, -0.2) is 8.42 Å². The molecule has 0 saturated heterocycles. The summed E-state index contributed by atoms with van der Waals surface area (Å²) in [5, 5.41) is 3.04. The van der Waals surface area contributed by atoms with Gasteiger partial charge in [0.25, 0.3) is 5.91 Å². The molecule has 0 fully saturated rings. The van der Waals surface area contributed by atoms with Crippen LogP contribution in [0.4, 0.5) is 5.69 Å². The molecule has 0 unspecified atom stereocenters. The number of nitrogens with one attached hydrogen (secondary N) is 1. The average molecular weight is 387 g/mol. The van der Waals surface area contributed by atoms with Crippen LogP contribution in [0, 0.1) is 0 Å². The van der Waals surface area contributed by atoms with E-state index in [0.29, 0.717) is 17.8 Å². The summed E-state index contributed by atoms with van der Waals surface area (Å²) in [6.45, 7) is 2.50. The number of fused-ring (bicyclic) bond motifs is 1. The second kappa shape index (κ2) is 8.13. The molecule has 0 saturated carbocycles. The normalized spacial score (nSPS) is 15.1. The maximum absolute atomic E-state index is 12.6. The summed E-state index contributed by atoms with van der Waals surface area (Å²) >= 11 is 0. The molecule has 0 spiro atoms.